The number of aromatic nitrogens is 3. The zero-order valence-electron chi connectivity index (χ0n) is 17.8. The number of benzene rings is 1. The Labute approximate surface area is 176 Å². The summed E-state index contributed by atoms with van der Waals surface area (Å²) >= 11 is 0. The average molecular weight is 407 g/mol. The number of nitrogens with zero attached hydrogens (tertiary/aromatic N) is 4. The second-order valence-electron chi connectivity index (χ2n) is 9.12. The molecule has 3 atom stereocenters. The van der Waals surface area contributed by atoms with Crippen molar-refractivity contribution in [2.45, 2.75) is 76.8 Å². The molecule has 1 unspecified atom stereocenters. The van der Waals surface area contributed by atoms with Gasteiger partial charge in [0.2, 0.25) is 0 Å². The summed E-state index contributed by atoms with van der Waals surface area (Å²) in [5.41, 5.74) is 2.44. The number of hydrogen-bond donors (Lipinski definition) is 1. The van der Waals surface area contributed by atoms with Gasteiger partial charge in [-0.05, 0) is 57.2 Å². The minimum absolute atomic E-state index is 0.142. The van der Waals surface area contributed by atoms with E-state index in [9.17, 15) is 9.90 Å². The highest BCUT2D eigenvalue weighted by Crippen LogP contribution is 2.42. The van der Waals surface area contributed by atoms with Crippen molar-refractivity contribution in [1.82, 2.24) is 19.2 Å². The largest absolute Gasteiger partial charge is 0.388 e. The Morgan fingerprint density at radius 2 is 1.87 bits per heavy atom. The van der Waals surface area contributed by atoms with Crippen molar-refractivity contribution in [2.24, 2.45) is 0 Å². The molecular weight excluding hydrogens is 376 g/mol. The summed E-state index contributed by atoms with van der Waals surface area (Å²) in [4.78, 5) is 14.8. The second-order valence-corrected chi connectivity index (χ2v) is 9.12. The van der Waals surface area contributed by atoms with Gasteiger partial charge < -0.3 is 9.67 Å². The molecule has 1 N–H and O–H groups in total. The topological polar surface area (TPSA) is 63.3 Å². The maximum absolute atomic E-state index is 12.2. The summed E-state index contributed by atoms with van der Waals surface area (Å²) in [5.74, 6) is 0. The van der Waals surface area contributed by atoms with E-state index in [-0.39, 0.29) is 12.1 Å². The lowest BCUT2D eigenvalue weighted by molar-refractivity contribution is -0.0677. The number of rotatable bonds is 5. The number of aryl methyl sites for hydroxylation is 2. The van der Waals surface area contributed by atoms with E-state index in [2.05, 4.69) is 52.0 Å². The minimum atomic E-state index is -0.871. The Kier molecular flexibility index (Phi) is 4.79. The molecule has 2 aliphatic rings. The number of piperidine rings is 1. The Morgan fingerprint density at radius 1 is 1.13 bits per heavy atom. The smallest absolute Gasteiger partial charge is 0.266 e. The standard InChI is InChI=1S/C24H30N4O2/c1-3-26-14-18(21-6-4-5-7-22(21)26)15-27-19-9-10-20(27)13-24(30,12-19)16-28-23(29)11-8-17(2)25-28/h4-8,11,14,19-20,30H,3,9-10,12-13,15-16H2,1-2H3/t19-,20+,24?. The predicted octanol–water partition coefficient (Wildman–Crippen LogP) is 3.08. The summed E-state index contributed by atoms with van der Waals surface area (Å²) in [5, 5.41) is 17.1. The fourth-order valence-electron chi connectivity index (χ4n) is 5.65. The van der Waals surface area contributed by atoms with Crippen molar-refractivity contribution in [3.63, 3.8) is 0 Å². The van der Waals surface area contributed by atoms with Gasteiger partial charge in [0.1, 0.15) is 0 Å². The molecule has 2 bridgehead atoms. The van der Waals surface area contributed by atoms with E-state index in [0.717, 1.165) is 31.6 Å². The van der Waals surface area contributed by atoms with Gasteiger partial charge >= 0.3 is 0 Å². The summed E-state index contributed by atoms with van der Waals surface area (Å²) < 4.78 is 3.77. The van der Waals surface area contributed by atoms with E-state index >= 15 is 0 Å². The van der Waals surface area contributed by atoms with Gasteiger partial charge in [0, 0.05) is 48.3 Å². The first kappa shape index (κ1) is 19.5. The average Bonchev–Trinajstić information content (AvgIpc) is 3.20. The minimum Gasteiger partial charge on any atom is -0.388 e. The number of aliphatic hydroxyl groups is 1. The fourth-order valence-corrected chi connectivity index (χ4v) is 5.65. The van der Waals surface area contributed by atoms with E-state index in [4.69, 9.17) is 0 Å². The molecule has 0 spiro atoms. The van der Waals surface area contributed by atoms with Crippen molar-refractivity contribution >= 4 is 10.9 Å². The highest BCUT2D eigenvalue weighted by Gasteiger charge is 2.47. The first-order valence-electron chi connectivity index (χ1n) is 11.1. The van der Waals surface area contributed by atoms with Gasteiger partial charge in [0.15, 0.2) is 0 Å². The monoisotopic (exact) mass is 406 g/mol. The van der Waals surface area contributed by atoms with Crippen LogP contribution in [0, 0.1) is 6.92 Å². The molecule has 0 radical (unpaired) electrons. The van der Waals surface area contributed by atoms with Crippen LogP contribution in [0.1, 0.15) is 43.9 Å². The summed E-state index contributed by atoms with van der Waals surface area (Å²) in [7, 11) is 0. The third-order valence-corrected chi connectivity index (χ3v) is 7.01. The van der Waals surface area contributed by atoms with Crippen LogP contribution >= 0.6 is 0 Å². The Balaban J connectivity index is 1.37. The predicted molar refractivity (Wildman–Crippen MR) is 117 cm³/mol. The third kappa shape index (κ3) is 3.38. The van der Waals surface area contributed by atoms with Crippen LogP contribution < -0.4 is 5.56 Å². The zero-order chi connectivity index (χ0) is 20.9. The van der Waals surface area contributed by atoms with Crippen LogP contribution in [0.3, 0.4) is 0 Å². The molecule has 30 heavy (non-hydrogen) atoms. The van der Waals surface area contributed by atoms with Crippen molar-refractivity contribution in [2.75, 3.05) is 0 Å². The van der Waals surface area contributed by atoms with Crippen LogP contribution in [0.25, 0.3) is 10.9 Å². The molecule has 6 heteroatoms. The normalized spacial score (nSPS) is 26.5. The lowest BCUT2D eigenvalue weighted by Gasteiger charge is -2.43. The summed E-state index contributed by atoms with van der Waals surface area (Å²) in [6.45, 7) is 6.22. The molecule has 4 heterocycles. The SMILES string of the molecule is CCn1cc(CN2[C@@H]3CC[C@H]2CC(O)(Cn2nc(C)ccc2=O)C3)c2ccccc21. The van der Waals surface area contributed by atoms with Crippen molar-refractivity contribution in [3.8, 4) is 0 Å². The Morgan fingerprint density at radius 3 is 2.60 bits per heavy atom. The first-order valence-corrected chi connectivity index (χ1v) is 11.1. The lowest BCUT2D eigenvalue weighted by atomic mass is 9.85. The van der Waals surface area contributed by atoms with Gasteiger partial charge in [-0.25, -0.2) is 4.68 Å². The Hall–Kier alpha value is -2.44. The molecular formula is C24H30N4O2. The van der Waals surface area contributed by atoms with Crippen LogP contribution in [0.15, 0.2) is 47.4 Å². The van der Waals surface area contributed by atoms with Crippen LogP contribution in [-0.2, 0) is 19.6 Å². The molecule has 3 aromatic rings. The maximum atomic E-state index is 12.2. The molecule has 6 nitrogen and oxygen atoms in total. The highest BCUT2D eigenvalue weighted by atomic mass is 16.3. The quantitative estimate of drug-likeness (QED) is 0.707. The fraction of sp³-hybridized carbons (Fsp3) is 0.500. The molecule has 158 valence electrons. The Bertz CT molecular complexity index is 1120. The second kappa shape index (κ2) is 7.36. The van der Waals surface area contributed by atoms with Crippen molar-refractivity contribution < 1.29 is 5.11 Å². The van der Waals surface area contributed by atoms with Gasteiger partial charge in [0.05, 0.1) is 17.8 Å². The molecule has 0 amide bonds. The van der Waals surface area contributed by atoms with Gasteiger partial charge in [-0.3, -0.25) is 9.69 Å². The molecule has 2 saturated heterocycles. The summed E-state index contributed by atoms with van der Waals surface area (Å²) in [6, 6.07) is 12.6. The summed E-state index contributed by atoms with van der Waals surface area (Å²) in [6.07, 6.45) is 5.89. The molecule has 5 rings (SSSR count). The van der Waals surface area contributed by atoms with Crippen molar-refractivity contribution in [1.29, 1.82) is 0 Å². The van der Waals surface area contributed by atoms with Crippen LogP contribution in [0.5, 0.6) is 0 Å². The van der Waals surface area contributed by atoms with Crippen LogP contribution in [-0.4, -0.2) is 42.0 Å². The van der Waals surface area contributed by atoms with Gasteiger partial charge in [-0.2, -0.15) is 5.10 Å². The van der Waals surface area contributed by atoms with Gasteiger partial charge in [-0.15, -0.1) is 0 Å². The number of para-hydroxylation sites is 1. The number of fused-ring (bicyclic) bond motifs is 3. The molecule has 0 saturated carbocycles. The van der Waals surface area contributed by atoms with E-state index in [1.165, 1.54) is 21.1 Å². The lowest BCUT2D eigenvalue weighted by Crippen LogP contribution is -2.53. The molecule has 2 aliphatic heterocycles. The zero-order valence-corrected chi connectivity index (χ0v) is 17.8. The number of hydrogen-bond acceptors (Lipinski definition) is 4. The van der Waals surface area contributed by atoms with E-state index in [1.807, 2.05) is 6.92 Å². The van der Waals surface area contributed by atoms with E-state index in [0.29, 0.717) is 24.9 Å². The third-order valence-electron chi connectivity index (χ3n) is 7.01. The van der Waals surface area contributed by atoms with E-state index < -0.39 is 5.60 Å². The highest BCUT2D eigenvalue weighted by molar-refractivity contribution is 5.83. The maximum Gasteiger partial charge on any atom is 0.266 e. The van der Waals surface area contributed by atoms with E-state index in [1.54, 1.807) is 12.1 Å². The molecule has 0 aliphatic carbocycles. The van der Waals surface area contributed by atoms with Crippen LogP contribution in [0.4, 0.5) is 0 Å². The van der Waals surface area contributed by atoms with Gasteiger partial charge in [0.25, 0.3) is 5.56 Å². The van der Waals surface area contributed by atoms with Crippen molar-refractivity contribution in [3.05, 3.63) is 64.2 Å². The molecule has 2 fully saturated rings. The van der Waals surface area contributed by atoms with Crippen LogP contribution in [0.2, 0.25) is 0 Å². The first-order chi connectivity index (χ1) is 14.5. The van der Waals surface area contributed by atoms with Gasteiger partial charge in [-0.1, -0.05) is 18.2 Å². The molecule has 2 aromatic heterocycles. The molecule has 1 aromatic carbocycles.